The average molecular weight is 272 g/mol. The minimum Gasteiger partial charge on any atom is -0.493 e. The van der Waals surface area contributed by atoms with Crippen LogP contribution in [-0.2, 0) is 16.3 Å². The maximum Gasteiger partial charge on any atom is 0.150 e. The number of para-hydroxylation sites is 1. The van der Waals surface area contributed by atoms with Gasteiger partial charge in [0.1, 0.15) is 15.6 Å². The molecule has 1 N–H and O–H groups in total. The van der Waals surface area contributed by atoms with Crippen LogP contribution in [0.3, 0.4) is 0 Å². The van der Waals surface area contributed by atoms with Crippen molar-refractivity contribution in [2.24, 2.45) is 0 Å². The summed E-state index contributed by atoms with van der Waals surface area (Å²) >= 11 is 0. The van der Waals surface area contributed by atoms with Crippen LogP contribution in [0, 0.1) is 0 Å². The van der Waals surface area contributed by atoms with Gasteiger partial charge < -0.3 is 9.84 Å². The third kappa shape index (κ3) is 5.06. The van der Waals surface area contributed by atoms with Crippen LogP contribution in [-0.4, -0.2) is 38.2 Å². The molecule has 0 aliphatic carbocycles. The maximum absolute atomic E-state index is 11.3. The molecular weight excluding hydrogens is 252 g/mol. The first kappa shape index (κ1) is 15.0. The molecule has 0 fully saturated rings. The van der Waals surface area contributed by atoms with Gasteiger partial charge in [-0.15, -0.1) is 0 Å². The second-order valence-corrected chi connectivity index (χ2v) is 6.49. The normalized spacial score (nSPS) is 11.4. The van der Waals surface area contributed by atoms with Crippen LogP contribution in [0.15, 0.2) is 24.3 Å². The van der Waals surface area contributed by atoms with Crippen molar-refractivity contribution in [3.05, 3.63) is 29.8 Å². The van der Waals surface area contributed by atoms with Gasteiger partial charge in [0.15, 0.2) is 0 Å². The second-order valence-electron chi connectivity index (χ2n) is 4.02. The largest absolute Gasteiger partial charge is 0.493 e. The van der Waals surface area contributed by atoms with Crippen molar-refractivity contribution in [1.82, 2.24) is 0 Å². The molecule has 0 saturated carbocycles. The first-order chi connectivity index (χ1) is 8.59. The highest BCUT2D eigenvalue weighted by molar-refractivity contribution is 7.91. The Bertz CT molecular complexity index is 454. The van der Waals surface area contributed by atoms with Crippen LogP contribution >= 0.6 is 0 Å². The quantitative estimate of drug-likeness (QED) is 0.727. The zero-order valence-corrected chi connectivity index (χ0v) is 11.4. The molecule has 0 spiro atoms. The van der Waals surface area contributed by atoms with Crippen LogP contribution in [0.5, 0.6) is 5.75 Å². The fourth-order valence-corrected chi connectivity index (χ4v) is 2.42. The fourth-order valence-electron chi connectivity index (χ4n) is 1.58. The van der Waals surface area contributed by atoms with Crippen molar-refractivity contribution in [2.45, 2.75) is 19.8 Å². The van der Waals surface area contributed by atoms with Crippen LogP contribution in [0.4, 0.5) is 0 Å². The summed E-state index contributed by atoms with van der Waals surface area (Å²) in [5.41, 5.74) is 0.943. The Balaban J connectivity index is 2.44. The Kier molecular flexibility index (Phi) is 6.15. The van der Waals surface area contributed by atoms with Crippen molar-refractivity contribution in [3.8, 4) is 5.75 Å². The third-order valence-electron chi connectivity index (χ3n) is 2.65. The van der Waals surface area contributed by atoms with Crippen molar-refractivity contribution in [1.29, 1.82) is 0 Å². The predicted molar refractivity (Wildman–Crippen MR) is 71.7 cm³/mol. The molecule has 0 radical (unpaired) electrons. The van der Waals surface area contributed by atoms with Gasteiger partial charge in [-0.05, 0) is 24.5 Å². The van der Waals surface area contributed by atoms with Crippen LogP contribution in [0.1, 0.15) is 18.9 Å². The summed E-state index contributed by atoms with van der Waals surface area (Å²) in [5, 5.41) is 8.92. The van der Waals surface area contributed by atoms with Crippen molar-refractivity contribution >= 4 is 9.84 Å². The van der Waals surface area contributed by atoms with Gasteiger partial charge in [-0.1, -0.05) is 25.1 Å². The summed E-state index contributed by atoms with van der Waals surface area (Å²) in [7, 11) is -2.91. The predicted octanol–water partition coefficient (Wildman–Crippen LogP) is 1.43. The van der Waals surface area contributed by atoms with Gasteiger partial charge in [0.05, 0.1) is 12.4 Å². The molecule has 5 heteroatoms. The standard InChI is InChI=1S/C13H20O4S/c1-2-18(15,16)11-5-10-17-13-7-4-3-6-12(13)8-9-14/h3-4,6-7,14H,2,5,8-11H2,1H3. The van der Waals surface area contributed by atoms with Gasteiger partial charge >= 0.3 is 0 Å². The summed E-state index contributed by atoms with van der Waals surface area (Å²) in [4.78, 5) is 0. The number of ether oxygens (including phenoxy) is 1. The maximum atomic E-state index is 11.3. The van der Waals surface area contributed by atoms with E-state index in [4.69, 9.17) is 9.84 Å². The van der Waals surface area contributed by atoms with E-state index in [0.717, 1.165) is 11.3 Å². The monoisotopic (exact) mass is 272 g/mol. The topological polar surface area (TPSA) is 63.6 Å². The fraction of sp³-hybridized carbons (Fsp3) is 0.538. The summed E-state index contributed by atoms with van der Waals surface area (Å²) < 4.78 is 28.1. The number of sulfone groups is 1. The lowest BCUT2D eigenvalue weighted by molar-refractivity contribution is 0.288. The highest BCUT2D eigenvalue weighted by Crippen LogP contribution is 2.18. The molecule has 102 valence electrons. The zero-order valence-electron chi connectivity index (χ0n) is 10.6. The first-order valence-electron chi connectivity index (χ1n) is 6.11. The highest BCUT2D eigenvalue weighted by atomic mass is 32.2. The number of hydrogen-bond donors (Lipinski definition) is 1. The van der Waals surface area contributed by atoms with Gasteiger partial charge in [0.2, 0.25) is 0 Å². The van der Waals surface area contributed by atoms with E-state index in [1.165, 1.54) is 0 Å². The number of hydrogen-bond acceptors (Lipinski definition) is 4. The minimum atomic E-state index is -2.91. The molecule has 0 atom stereocenters. The van der Waals surface area contributed by atoms with E-state index >= 15 is 0 Å². The molecule has 0 aromatic heterocycles. The summed E-state index contributed by atoms with van der Waals surface area (Å²) in [6, 6.07) is 7.48. The van der Waals surface area contributed by atoms with Gasteiger partial charge in [-0.2, -0.15) is 0 Å². The molecular formula is C13H20O4S. The molecule has 4 nitrogen and oxygen atoms in total. The molecule has 0 amide bonds. The summed E-state index contributed by atoms with van der Waals surface area (Å²) in [6.45, 7) is 2.10. The Labute approximate surface area is 109 Å². The molecule has 0 aliphatic rings. The molecule has 0 unspecified atom stereocenters. The minimum absolute atomic E-state index is 0.0740. The number of aliphatic hydroxyl groups is 1. The van der Waals surface area contributed by atoms with E-state index in [1.54, 1.807) is 6.92 Å². The summed E-state index contributed by atoms with van der Waals surface area (Å²) in [6.07, 6.45) is 1.03. The number of rotatable bonds is 8. The SMILES string of the molecule is CCS(=O)(=O)CCCOc1ccccc1CCO. The van der Waals surface area contributed by atoms with Gasteiger partial charge in [0, 0.05) is 12.4 Å². The molecule has 0 aliphatic heterocycles. The average Bonchev–Trinajstić information content (AvgIpc) is 2.37. The lowest BCUT2D eigenvalue weighted by atomic mass is 10.1. The Morgan fingerprint density at radius 3 is 2.67 bits per heavy atom. The molecule has 18 heavy (non-hydrogen) atoms. The van der Waals surface area contributed by atoms with Crippen molar-refractivity contribution < 1.29 is 18.3 Å². The molecule has 1 aromatic rings. The van der Waals surface area contributed by atoms with Gasteiger partial charge in [-0.25, -0.2) is 8.42 Å². The van der Waals surface area contributed by atoms with E-state index < -0.39 is 9.84 Å². The van der Waals surface area contributed by atoms with Crippen LogP contribution in [0.25, 0.3) is 0 Å². The van der Waals surface area contributed by atoms with Crippen molar-refractivity contribution in [3.63, 3.8) is 0 Å². The van der Waals surface area contributed by atoms with Crippen molar-refractivity contribution in [2.75, 3.05) is 24.7 Å². The van der Waals surface area contributed by atoms with Gasteiger partial charge in [-0.3, -0.25) is 0 Å². The third-order valence-corrected chi connectivity index (χ3v) is 4.44. The number of benzene rings is 1. The molecule has 1 rings (SSSR count). The lowest BCUT2D eigenvalue weighted by Gasteiger charge is -2.10. The molecule has 1 aromatic carbocycles. The second kappa shape index (κ2) is 7.38. The Hall–Kier alpha value is -1.07. The molecule has 0 bridgehead atoms. The first-order valence-corrected chi connectivity index (χ1v) is 7.93. The van der Waals surface area contributed by atoms with Crippen LogP contribution in [0.2, 0.25) is 0 Å². The van der Waals surface area contributed by atoms with Crippen LogP contribution < -0.4 is 4.74 Å². The van der Waals surface area contributed by atoms with Gasteiger partial charge in [0.25, 0.3) is 0 Å². The zero-order chi connectivity index (χ0) is 13.4. The molecule has 0 heterocycles. The van der Waals surface area contributed by atoms with E-state index in [9.17, 15) is 8.42 Å². The number of aliphatic hydroxyl groups excluding tert-OH is 1. The summed E-state index contributed by atoms with van der Waals surface area (Å²) in [5.74, 6) is 1.06. The smallest absolute Gasteiger partial charge is 0.150 e. The highest BCUT2D eigenvalue weighted by Gasteiger charge is 2.07. The van der Waals surface area contributed by atoms with E-state index in [0.29, 0.717) is 19.4 Å². The van der Waals surface area contributed by atoms with E-state index in [2.05, 4.69) is 0 Å². The molecule has 0 saturated heterocycles. The Morgan fingerprint density at radius 1 is 1.28 bits per heavy atom. The lowest BCUT2D eigenvalue weighted by Crippen LogP contribution is -2.12. The van der Waals surface area contributed by atoms with E-state index in [-0.39, 0.29) is 18.1 Å². The Morgan fingerprint density at radius 2 is 2.00 bits per heavy atom. The van der Waals surface area contributed by atoms with E-state index in [1.807, 2.05) is 24.3 Å².